The van der Waals surface area contributed by atoms with Crippen molar-refractivity contribution in [2.24, 2.45) is 0 Å². The highest BCUT2D eigenvalue weighted by Gasteiger charge is 2.10. The van der Waals surface area contributed by atoms with E-state index in [9.17, 15) is 5.11 Å². The molecule has 1 aromatic heterocycles. The maximum absolute atomic E-state index is 9.90. The number of thiazole rings is 1. The molecule has 0 unspecified atom stereocenters. The first-order valence-corrected chi connectivity index (χ1v) is 7.52. The van der Waals surface area contributed by atoms with E-state index in [-0.39, 0.29) is 5.75 Å². The molecule has 0 aliphatic carbocycles. The maximum Gasteiger partial charge on any atom is 0.139 e. The number of nitrogens with one attached hydrogen (secondary N) is 1. The summed E-state index contributed by atoms with van der Waals surface area (Å²) in [6.07, 6.45) is 0. The second kappa shape index (κ2) is 5.48. The molecule has 0 aliphatic rings. The fourth-order valence-corrected chi connectivity index (χ4v) is 3.06. The van der Waals surface area contributed by atoms with Gasteiger partial charge >= 0.3 is 0 Å². The molecular formula is C14H10Cl2N2OS. The Morgan fingerprint density at radius 2 is 2.00 bits per heavy atom. The van der Waals surface area contributed by atoms with Crippen molar-refractivity contribution in [2.45, 2.75) is 6.54 Å². The molecule has 0 aliphatic heterocycles. The minimum absolute atomic E-state index is 0.0863. The van der Waals surface area contributed by atoms with Gasteiger partial charge in [-0.3, -0.25) is 0 Å². The molecule has 2 aromatic carbocycles. The van der Waals surface area contributed by atoms with Crippen LogP contribution in [0, 0.1) is 0 Å². The lowest BCUT2D eigenvalue weighted by molar-refractivity contribution is 0.469. The Morgan fingerprint density at radius 1 is 1.15 bits per heavy atom. The summed E-state index contributed by atoms with van der Waals surface area (Å²) in [7, 11) is 0. The summed E-state index contributed by atoms with van der Waals surface area (Å²) >= 11 is 13.7. The molecule has 0 saturated heterocycles. The molecule has 3 nitrogen and oxygen atoms in total. The van der Waals surface area contributed by atoms with Crippen LogP contribution in [0.2, 0.25) is 10.0 Å². The molecular weight excluding hydrogens is 315 g/mol. The minimum atomic E-state index is 0.0863. The Bertz CT molecular complexity index is 773. The van der Waals surface area contributed by atoms with Crippen molar-refractivity contribution in [1.82, 2.24) is 4.98 Å². The quantitative estimate of drug-likeness (QED) is 0.718. The topological polar surface area (TPSA) is 45.1 Å². The van der Waals surface area contributed by atoms with Gasteiger partial charge in [0.2, 0.25) is 0 Å². The van der Waals surface area contributed by atoms with Gasteiger partial charge in [0.25, 0.3) is 0 Å². The number of halogens is 2. The fourth-order valence-electron chi connectivity index (χ4n) is 1.96. The summed E-state index contributed by atoms with van der Waals surface area (Å²) < 4.78 is 1.06. The van der Waals surface area contributed by atoms with E-state index in [1.54, 1.807) is 29.0 Å². The van der Waals surface area contributed by atoms with Crippen LogP contribution < -0.4 is 5.32 Å². The summed E-state index contributed by atoms with van der Waals surface area (Å²) in [6, 6.07) is 9.03. The first kappa shape index (κ1) is 13.5. The van der Waals surface area contributed by atoms with E-state index in [0.29, 0.717) is 22.2 Å². The number of hydrogen-bond donors (Lipinski definition) is 2. The van der Waals surface area contributed by atoms with Crippen LogP contribution >= 0.6 is 34.5 Å². The van der Waals surface area contributed by atoms with Crippen molar-refractivity contribution in [1.29, 1.82) is 0 Å². The third-order valence-electron chi connectivity index (χ3n) is 2.98. The lowest BCUT2D eigenvalue weighted by Crippen LogP contribution is -2.01. The van der Waals surface area contributed by atoms with Crippen LogP contribution in [0.15, 0.2) is 35.8 Å². The van der Waals surface area contributed by atoms with Gasteiger partial charge in [0.05, 0.1) is 25.9 Å². The highest BCUT2D eigenvalue weighted by molar-refractivity contribution is 7.16. The standard InChI is InChI=1S/C14H10Cl2N2OS/c15-9-4-5-11-13(18-7-20-11)12(9)17-6-8-2-1-3-10(16)14(8)19/h1-5,7,17,19H,6H2. The van der Waals surface area contributed by atoms with Crippen molar-refractivity contribution in [3.05, 3.63) is 51.5 Å². The number of benzene rings is 2. The van der Waals surface area contributed by atoms with Crippen molar-refractivity contribution in [3.8, 4) is 5.75 Å². The number of anilines is 1. The van der Waals surface area contributed by atoms with E-state index in [4.69, 9.17) is 23.2 Å². The van der Waals surface area contributed by atoms with Crippen molar-refractivity contribution < 1.29 is 5.11 Å². The molecule has 0 fully saturated rings. The number of nitrogens with zero attached hydrogens (tertiary/aromatic N) is 1. The zero-order valence-electron chi connectivity index (χ0n) is 10.2. The molecule has 0 spiro atoms. The molecule has 0 radical (unpaired) electrons. The van der Waals surface area contributed by atoms with Gasteiger partial charge in [0, 0.05) is 12.1 Å². The van der Waals surface area contributed by atoms with Crippen molar-refractivity contribution in [3.63, 3.8) is 0 Å². The van der Waals surface area contributed by atoms with Gasteiger partial charge in [-0.15, -0.1) is 11.3 Å². The van der Waals surface area contributed by atoms with E-state index >= 15 is 0 Å². The summed E-state index contributed by atoms with van der Waals surface area (Å²) in [5.74, 6) is 0.0863. The largest absolute Gasteiger partial charge is 0.506 e. The highest BCUT2D eigenvalue weighted by atomic mass is 35.5. The van der Waals surface area contributed by atoms with Crippen LogP contribution in [-0.4, -0.2) is 10.1 Å². The van der Waals surface area contributed by atoms with Gasteiger partial charge < -0.3 is 10.4 Å². The second-order valence-electron chi connectivity index (χ2n) is 4.22. The highest BCUT2D eigenvalue weighted by Crippen LogP contribution is 2.33. The summed E-state index contributed by atoms with van der Waals surface area (Å²) in [6.45, 7) is 0.419. The Balaban J connectivity index is 1.92. The molecule has 1 heterocycles. The zero-order chi connectivity index (χ0) is 14.1. The van der Waals surface area contributed by atoms with E-state index < -0.39 is 0 Å². The van der Waals surface area contributed by atoms with Crippen LogP contribution in [0.5, 0.6) is 5.75 Å². The number of phenolic OH excluding ortho intramolecular Hbond substituents is 1. The molecule has 0 saturated carbocycles. The van der Waals surface area contributed by atoms with Crippen molar-refractivity contribution >= 4 is 50.4 Å². The van der Waals surface area contributed by atoms with Gasteiger partial charge in [-0.2, -0.15) is 0 Å². The Morgan fingerprint density at radius 3 is 2.85 bits per heavy atom. The number of aromatic hydroxyl groups is 1. The molecule has 102 valence electrons. The normalized spacial score (nSPS) is 10.9. The molecule has 3 rings (SSSR count). The average molecular weight is 325 g/mol. The van der Waals surface area contributed by atoms with Crippen LogP contribution in [0.1, 0.15) is 5.56 Å². The van der Waals surface area contributed by atoms with E-state index in [1.807, 2.05) is 18.2 Å². The summed E-state index contributed by atoms with van der Waals surface area (Å²) in [5, 5.41) is 14.1. The molecule has 0 bridgehead atoms. The first-order valence-electron chi connectivity index (χ1n) is 5.89. The lowest BCUT2D eigenvalue weighted by atomic mass is 10.2. The van der Waals surface area contributed by atoms with Crippen molar-refractivity contribution in [2.75, 3.05) is 5.32 Å². The first-order chi connectivity index (χ1) is 9.66. The summed E-state index contributed by atoms with van der Waals surface area (Å²) in [4.78, 5) is 4.31. The second-order valence-corrected chi connectivity index (χ2v) is 5.92. The molecule has 20 heavy (non-hydrogen) atoms. The third-order valence-corrected chi connectivity index (χ3v) is 4.39. The van der Waals surface area contributed by atoms with Gasteiger partial charge in [-0.1, -0.05) is 35.3 Å². The predicted octanol–water partition coefficient (Wildman–Crippen LogP) is 4.92. The Hall–Kier alpha value is -1.49. The number of para-hydroxylation sites is 1. The molecule has 3 aromatic rings. The molecule has 6 heteroatoms. The molecule has 0 amide bonds. The number of phenols is 1. The van der Waals surface area contributed by atoms with E-state index in [0.717, 1.165) is 15.9 Å². The van der Waals surface area contributed by atoms with Crippen LogP contribution in [-0.2, 0) is 6.54 Å². The zero-order valence-corrected chi connectivity index (χ0v) is 12.6. The number of fused-ring (bicyclic) bond motifs is 1. The van der Waals surface area contributed by atoms with Gasteiger partial charge in [0.1, 0.15) is 11.3 Å². The Kier molecular flexibility index (Phi) is 3.70. The lowest BCUT2D eigenvalue weighted by Gasteiger charge is -2.11. The Labute approximate surface area is 129 Å². The number of aromatic nitrogens is 1. The van der Waals surface area contributed by atoms with Crippen LogP contribution in [0.25, 0.3) is 10.2 Å². The fraction of sp³-hybridized carbons (Fsp3) is 0.0714. The smallest absolute Gasteiger partial charge is 0.139 e. The summed E-state index contributed by atoms with van der Waals surface area (Å²) in [5.41, 5.74) is 4.10. The predicted molar refractivity (Wildman–Crippen MR) is 85.1 cm³/mol. The van der Waals surface area contributed by atoms with Crippen LogP contribution in [0.4, 0.5) is 5.69 Å². The van der Waals surface area contributed by atoms with Crippen LogP contribution in [0.3, 0.4) is 0 Å². The van der Waals surface area contributed by atoms with Gasteiger partial charge in [-0.05, 0) is 18.2 Å². The SMILES string of the molecule is Oc1c(Cl)cccc1CNc1c(Cl)ccc2scnc12. The monoisotopic (exact) mass is 324 g/mol. The number of hydrogen-bond acceptors (Lipinski definition) is 4. The molecule has 0 atom stereocenters. The third kappa shape index (κ3) is 2.42. The molecule has 2 N–H and O–H groups in total. The average Bonchev–Trinajstić information content (AvgIpc) is 2.90. The minimum Gasteiger partial charge on any atom is -0.506 e. The van der Waals surface area contributed by atoms with Gasteiger partial charge in [-0.25, -0.2) is 4.98 Å². The van der Waals surface area contributed by atoms with Gasteiger partial charge in [0.15, 0.2) is 0 Å². The number of rotatable bonds is 3. The van der Waals surface area contributed by atoms with E-state index in [1.165, 1.54) is 0 Å². The maximum atomic E-state index is 9.90. The van der Waals surface area contributed by atoms with E-state index in [2.05, 4.69) is 10.3 Å².